The van der Waals surface area contributed by atoms with E-state index in [1.807, 2.05) is 13.1 Å². The van der Waals surface area contributed by atoms with Gasteiger partial charge in [-0.05, 0) is 58.0 Å². The lowest BCUT2D eigenvalue weighted by atomic mass is 9.88. The second-order valence-electron chi connectivity index (χ2n) is 5.33. The molecular weight excluding hydrogens is 215 g/mol. The first-order valence-electron chi connectivity index (χ1n) is 6.23. The van der Waals surface area contributed by atoms with Gasteiger partial charge in [-0.3, -0.25) is 0 Å². The summed E-state index contributed by atoms with van der Waals surface area (Å²) in [5, 5.41) is 3.25. The van der Waals surface area contributed by atoms with Crippen molar-refractivity contribution in [2.24, 2.45) is 5.92 Å². The fourth-order valence-electron chi connectivity index (χ4n) is 2.85. The molecular formula is C14H21FN2. The molecule has 0 amide bonds. The number of rotatable bonds is 3. The summed E-state index contributed by atoms with van der Waals surface area (Å²) >= 11 is 0. The van der Waals surface area contributed by atoms with E-state index in [1.165, 1.54) is 6.07 Å². The molecule has 94 valence electrons. The summed E-state index contributed by atoms with van der Waals surface area (Å²) in [6.45, 7) is 6.50. The highest BCUT2D eigenvalue weighted by Crippen LogP contribution is 2.37. The molecule has 0 bridgehead atoms. The topological polar surface area (TPSA) is 15.3 Å². The highest BCUT2D eigenvalue weighted by Gasteiger charge is 2.40. The third-order valence-corrected chi connectivity index (χ3v) is 3.97. The first-order chi connectivity index (χ1) is 8.05. The molecule has 0 radical (unpaired) electrons. The van der Waals surface area contributed by atoms with Crippen LogP contribution in [0.15, 0.2) is 24.3 Å². The van der Waals surface area contributed by atoms with Crippen molar-refractivity contribution in [1.82, 2.24) is 5.32 Å². The molecule has 1 N–H and O–H groups in total. The number of halogens is 1. The Hall–Kier alpha value is -1.09. The van der Waals surface area contributed by atoms with Crippen molar-refractivity contribution in [2.75, 3.05) is 25.0 Å². The van der Waals surface area contributed by atoms with Gasteiger partial charge in [0.2, 0.25) is 0 Å². The second-order valence-corrected chi connectivity index (χ2v) is 5.33. The van der Waals surface area contributed by atoms with Crippen LogP contribution in [0.25, 0.3) is 0 Å². The van der Waals surface area contributed by atoms with Crippen molar-refractivity contribution in [3.05, 3.63) is 30.1 Å². The highest BCUT2D eigenvalue weighted by molar-refractivity contribution is 5.50. The Morgan fingerprint density at radius 2 is 2.24 bits per heavy atom. The van der Waals surface area contributed by atoms with E-state index in [0.717, 1.165) is 25.2 Å². The largest absolute Gasteiger partial charge is 0.366 e. The predicted molar refractivity (Wildman–Crippen MR) is 69.9 cm³/mol. The second kappa shape index (κ2) is 4.65. The molecule has 1 aliphatic heterocycles. The number of hydrogen-bond donors (Lipinski definition) is 1. The lowest BCUT2D eigenvalue weighted by Crippen LogP contribution is -2.45. The van der Waals surface area contributed by atoms with Crippen LogP contribution in [0.2, 0.25) is 0 Å². The zero-order valence-electron chi connectivity index (χ0n) is 10.8. The van der Waals surface area contributed by atoms with Crippen LogP contribution >= 0.6 is 0 Å². The zero-order valence-corrected chi connectivity index (χ0v) is 10.8. The number of nitrogens with one attached hydrogen (secondary N) is 1. The summed E-state index contributed by atoms with van der Waals surface area (Å²) in [7, 11) is 1.99. The molecule has 17 heavy (non-hydrogen) atoms. The molecule has 1 atom stereocenters. The van der Waals surface area contributed by atoms with Gasteiger partial charge in [0.15, 0.2) is 0 Å². The van der Waals surface area contributed by atoms with Crippen molar-refractivity contribution in [1.29, 1.82) is 0 Å². The molecule has 1 aromatic carbocycles. The molecule has 0 spiro atoms. The zero-order chi connectivity index (χ0) is 12.5. The number of benzene rings is 1. The molecule has 2 nitrogen and oxygen atoms in total. The van der Waals surface area contributed by atoms with E-state index in [4.69, 9.17) is 0 Å². The molecule has 0 aliphatic carbocycles. The average molecular weight is 236 g/mol. The Bertz CT molecular complexity index is 390. The summed E-state index contributed by atoms with van der Waals surface area (Å²) in [4.78, 5) is 2.32. The van der Waals surface area contributed by atoms with Gasteiger partial charge in [0.05, 0.1) is 0 Å². The number of nitrogens with zero attached hydrogens (tertiary/aromatic N) is 1. The molecule has 1 fully saturated rings. The SMILES string of the molecule is CNCC1CCN(c2cccc(F)c2)C1(C)C. The van der Waals surface area contributed by atoms with Gasteiger partial charge in [-0.2, -0.15) is 0 Å². The minimum absolute atomic E-state index is 0.0802. The maximum absolute atomic E-state index is 13.3. The fourth-order valence-corrected chi connectivity index (χ4v) is 2.85. The lowest BCUT2D eigenvalue weighted by molar-refractivity contribution is 0.356. The normalized spacial score (nSPS) is 23.1. The summed E-state index contributed by atoms with van der Waals surface area (Å²) in [6, 6.07) is 6.90. The monoisotopic (exact) mass is 236 g/mol. The number of anilines is 1. The average Bonchev–Trinajstić information content (AvgIpc) is 2.55. The van der Waals surface area contributed by atoms with Gasteiger partial charge in [0.25, 0.3) is 0 Å². The molecule has 1 aliphatic rings. The molecule has 1 aromatic rings. The Morgan fingerprint density at radius 3 is 2.88 bits per heavy atom. The Kier molecular flexibility index (Phi) is 3.38. The van der Waals surface area contributed by atoms with Gasteiger partial charge >= 0.3 is 0 Å². The van der Waals surface area contributed by atoms with Gasteiger partial charge in [-0.15, -0.1) is 0 Å². The molecule has 1 heterocycles. The van der Waals surface area contributed by atoms with Crippen LogP contribution in [0, 0.1) is 11.7 Å². The maximum Gasteiger partial charge on any atom is 0.125 e. The smallest absolute Gasteiger partial charge is 0.125 e. The van der Waals surface area contributed by atoms with Crippen molar-refractivity contribution in [3.8, 4) is 0 Å². The van der Waals surface area contributed by atoms with Gasteiger partial charge in [0.1, 0.15) is 5.82 Å². The van der Waals surface area contributed by atoms with Crippen LogP contribution < -0.4 is 10.2 Å². The van der Waals surface area contributed by atoms with Crippen molar-refractivity contribution < 1.29 is 4.39 Å². The molecule has 2 rings (SSSR count). The quantitative estimate of drug-likeness (QED) is 0.868. The Labute approximate surface area is 103 Å². The summed E-state index contributed by atoms with van der Waals surface area (Å²) in [5.41, 5.74) is 1.07. The molecule has 3 heteroatoms. The van der Waals surface area contributed by atoms with E-state index in [-0.39, 0.29) is 11.4 Å². The first-order valence-corrected chi connectivity index (χ1v) is 6.23. The fraction of sp³-hybridized carbons (Fsp3) is 0.571. The minimum Gasteiger partial charge on any atom is -0.366 e. The highest BCUT2D eigenvalue weighted by atomic mass is 19.1. The standard InChI is InChI=1S/C14H21FN2/c1-14(2)11(10-16-3)7-8-17(14)13-6-4-5-12(15)9-13/h4-6,9,11,16H,7-8,10H2,1-3H3. The van der Waals surface area contributed by atoms with Gasteiger partial charge < -0.3 is 10.2 Å². The van der Waals surface area contributed by atoms with Gasteiger partial charge in [0, 0.05) is 17.8 Å². The molecule has 0 saturated carbocycles. The third-order valence-electron chi connectivity index (χ3n) is 3.97. The van der Waals surface area contributed by atoms with Crippen LogP contribution in [0.3, 0.4) is 0 Å². The first kappa shape index (κ1) is 12.4. The molecule has 0 aromatic heterocycles. The van der Waals surface area contributed by atoms with E-state index in [0.29, 0.717) is 5.92 Å². The van der Waals surface area contributed by atoms with Crippen LogP contribution in [0.4, 0.5) is 10.1 Å². The lowest BCUT2D eigenvalue weighted by Gasteiger charge is -2.37. The molecule has 1 unspecified atom stereocenters. The predicted octanol–water partition coefficient (Wildman–Crippen LogP) is 2.65. The van der Waals surface area contributed by atoms with Crippen LogP contribution in [-0.4, -0.2) is 25.7 Å². The van der Waals surface area contributed by atoms with E-state index in [9.17, 15) is 4.39 Å². The third kappa shape index (κ3) is 2.29. The van der Waals surface area contributed by atoms with Crippen LogP contribution in [0.5, 0.6) is 0 Å². The van der Waals surface area contributed by atoms with E-state index >= 15 is 0 Å². The van der Waals surface area contributed by atoms with Crippen LogP contribution in [-0.2, 0) is 0 Å². The summed E-state index contributed by atoms with van der Waals surface area (Å²) < 4.78 is 13.3. The summed E-state index contributed by atoms with van der Waals surface area (Å²) in [6.07, 6.45) is 1.16. The number of hydrogen-bond acceptors (Lipinski definition) is 2. The van der Waals surface area contributed by atoms with Crippen molar-refractivity contribution in [2.45, 2.75) is 25.8 Å². The maximum atomic E-state index is 13.3. The minimum atomic E-state index is -0.157. The van der Waals surface area contributed by atoms with Gasteiger partial charge in [-0.1, -0.05) is 6.07 Å². The van der Waals surface area contributed by atoms with Crippen LogP contribution in [0.1, 0.15) is 20.3 Å². The van der Waals surface area contributed by atoms with Crippen molar-refractivity contribution >= 4 is 5.69 Å². The Morgan fingerprint density at radius 1 is 1.47 bits per heavy atom. The van der Waals surface area contributed by atoms with Gasteiger partial charge in [-0.25, -0.2) is 4.39 Å². The summed E-state index contributed by atoms with van der Waals surface area (Å²) in [5.74, 6) is 0.450. The Balaban J connectivity index is 2.23. The van der Waals surface area contributed by atoms with E-state index in [1.54, 1.807) is 12.1 Å². The van der Waals surface area contributed by atoms with Crippen molar-refractivity contribution in [3.63, 3.8) is 0 Å². The van der Waals surface area contributed by atoms with E-state index < -0.39 is 0 Å². The molecule has 1 saturated heterocycles. The van der Waals surface area contributed by atoms with E-state index in [2.05, 4.69) is 24.1 Å².